The first-order valence-electron chi connectivity index (χ1n) is 6.66. The SMILES string of the molecule is Cc1ccc2[nH]c3c(c2c1)CCOc1ccccc1-3. The number of ether oxygens (including phenoxy) is 1. The number of rotatable bonds is 0. The third-order valence-corrected chi connectivity index (χ3v) is 3.83. The monoisotopic (exact) mass is 249 g/mol. The Labute approximate surface area is 112 Å². The van der Waals surface area contributed by atoms with Gasteiger partial charge in [0.15, 0.2) is 0 Å². The quantitative estimate of drug-likeness (QED) is 0.638. The second-order valence-electron chi connectivity index (χ2n) is 5.12. The van der Waals surface area contributed by atoms with Crippen LogP contribution in [0.2, 0.25) is 0 Å². The fraction of sp³-hybridized carbons (Fsp3) is 0.176. The van der Waals surface area contributed by atoms with Crippen LogP contribution in [-0.4, -0.2) is 11.6 Å². The number of hydrogen-bond donors (Lipinski definition) is 1. The molecule has 3 aromatic rings. The molecule has 1 aliphatic rings. The van der Waals surface area contributed by atoms with Crippen molar-refractivity contribution in [2.45, 2.75) is 13.3 Å². The molecule has 0 saturated carbocycles. The summed E-state index contributed by atoms with van der Waals surface area (Å²) >= 11 is 0. The Morgan fingerprint density at radius 1 is 1.11 bits per heavy atom. The van der Waals surface area contributed by atoms with E-state index >= 15 is 0 Å². The molecule has 1 aromatic heterocycles. The molecule has 2 heteroatoms. The number of aromatic amines is 1. The maximum absolute atomic E-state index is 5.85. The molecule has 94 valence electrons. The lowest BCUT2D eigenvalue weighted by atomic mass is 10.0. The van der Waals surface area contributed by atoms with Crippen LogP contribution in [0.25, 0.3) is 22.2 Å². The van der Waals surface area contributed by atoms with Gasteiger partial charge in [0.2, 0.25) is 0 Å². The predicted octanol–water partition coefficient (Wildman–Crippen LogP) is 4.08. The molecule has 0 atom stereocenters. The topological polar surface area (TPSA) is 25.0 Å². The summed E-state index contributed by atoms with van der Waals surface area (Å²) in [5.74, 6) is 0.976. The number of hydrogen-bond acceptors (Lipinski definition) is 1. The third-order valence-electron chi connectivity index (χ3n) is 3.83. The number of aryl methyl sites for hydroxylation is 1. The highest BCUT2D eigenvalue weighted by molar-refractivity contribution is 5.92. The van der Waals surface area contributed by atoms with E-state index in [1.807, 2.05) is 12.1 Å². The summed E-state index contributed by atoms with van der Waals surface area (Å²) in [5.41, 5.74) is 6.28. The van der Waals surface area contributed by atoms with Gasteiger partial charge in [0.25, 0.3) is 0 Å². The average molecular weight is 249 g/mol. The zero-order valence-electron chi connectivity index (χ0n) is 10.9. The molecular weight excluding hydrogens is 234 g/mol. The summed E-state index contributed by atoms with van der Waals surface area (Å²) in [6.45, 7) is 2.88. The van der Waals surface area contributed by atoms with Gasteiger partial charge < -0.3 is 9.72 Å². The van der Waals surface area contributed by atoms with Gasteiger partial charge in [-0.15, -0.1) is 0 Å². The van der Waals surface area contributed by atoms with Gasteiger partial charge in [0, 0.05) is 22.9 Å². The van der Waals surface area contributed by atoms with Crippen LogP contribution in [0.4, 0.5) is 0 Å². The number of H-pyrrole nitrogens is 1. The second kappa shape index (κ2) is 3.89. The summed E-state index contributed by atoms with van der Waals surface area (Å²) < 4.78 is 5.85. The van der Waals surface area contributed by atoms with Gasteiger partial charge in [-0.2, -0.15) is 0 Å². The highest BCUT2D eigenvalue weighted by Gasteiger charge is 2.19. The Hall–Kier alpha value is -2.22. The minimum Gasteiger partial charge on any atom is -0.493 e. The van der Waals surface area contributed by atoms with Crippen molar-refractivity contribution in [3.63, 3.8) is 0 Å². The molecule has 0 aliphatic carbocycles. The van der Waals surface area contributed by atoms with Gasteiger partial charge in [0.05, 0.1) is 12.3 Å². The van der Waals surface area contributed by atoms with Crippen LogP contribution in [0.3, 0.4) is 0 Å². The Morgan fingerprint density at radius 3 is 2.95 bits per heavy atom. The molecule has 0 amide bonds. The van der Waals surface area contributed by atoms with E-state index in [0.29, 0.717) is 0 Å². The fourth-order valence-electron chi connectivity index (χ4n) is 2.91. The van der Waals surface area contributed by atoms with Gasteiger partial charge >= 0.3 is 0 Å². The second-order valence-corrected chi connectivity index (χ2v) is 5.12. The molecule has 1 aliphatic heterocycles. The highest BCUT2D eigenvalue weighted by atomic mass is 16.5. The van der Waals surface area contributed by atoms with Crippen molar-refractivity contribution in [2.75, 3.05) is 6.61 Å². The van der Waals surface area contributed by atoms with Crippen LogP contribution in [0.1, 0.15) is 11.1 Å². The molecule has 0 radical (unpaired) electrons. The van der Waals surface area contributed by atoms with E-state index in [-0.39, 0.29) is 0 Å². The lowest BCUT2D eigenvalue weighted by molar-refractivity contribution is 0.327. The lowest BCUT2D eigenvalue weighted by Gasteiger charge is -2.05. The van der Waals surface area contributed by atoms with Gasteiger partial charge in [-0.05, 0) is 36.8 Å². The fourth-order valence-corrected chi connectivity index (χ4v) is 2.91. The number of para-hydroxylation sites is 1. The van der Waals surface area contributed by atoms with Crippen molar-refractivity contribution in [1.82, 2.24) is 4.98 Å². The molecule has 2 heterocycles. The largest absolute Gasteiger partial charge is 0.493 e. The Kier molecular flexibility index (Phi) is 2.18. The first-order valence-corrected chi connectivity index (χ1v) is 6.66. The van der Waals surface area contributed by atoms with E-state index in [2.05, 4.69) is 42.2 Å². The molecule has 19 heavy (non-hydrogen) atoms. The Morgan fingerprint density at radius 2 is 2.00 bits per heavy atom. The number of benzene rings is 2. The maximum Gasteiger partial charge on any atom is 0.128 e. The summed E-state index contributed by atoms with van der Waals surface area (Å²) in [7, 11) is 0. The predicted molar refractivity (Wildman–Crippen MR) is 77.7 cm³/mol. The van der Waals surface area contributed by atoms with Crippen molar-refractivity contribution in [3.8, 4) is 17.0 Å². The van der Waals surface area contributed by atoms with Gasteiger partial charge in [-0.1, -0.05) is 23.8 Å². The van der Waals surface area contributed by atoms with Crippen molar-refractivity contribution >= 4 is 10.9 Å². The van der Waals surface area contributed by atoms with E-state index in [0.717, 1.165) is 18.8 Å². The first-order chi connectivity index (χ1) is 9.33. The van der Waals surface area contributed by atoms with E-state index in [4.69, 9.17) is 4.74 Å². The molecule has 0 unspecified atom stereocenters. The summed E-state index contributed by atoms with van der Waals surface area (Å²) in [6, 6.07) is 14.8. The Bertz CT molecular complexity index is 770. The van der Waals surface area contributed by atoms with E-state index in [1.165, 1.54) is 33.3 Å². The molecule has 2 aromatic carbocycles. The summed E-state index contributed by atoms with van der Waals surface area (Å²) in [5, 5.41) is 1.33. The van der Waals surface area contributed by atoms with Crippen molar-refractivity contribution in [1.29, 1.82) is 0 Å². The molecule has 0 saturated heterocycles. The zero-order valence-corrected chi connectivity index (χ0v) is 10.9. The van der Waals surface area contributed by atoms with Crippen LogP contribution < -0.4 is 4.74 Å². The molecule has 4 rings (SSSR count). The first kappa shape index (κ1) is 10.7. The van der Waals surface area contributed by atoms with Gasteiger partial charge in [-0.3, -0.25) is 0 Å². The molecule has 0 fully saturated rings. The third kappa shape index (κ3) is 1.56. The van der Waals surface area contributed by atoms with Crippen molar-refractivity contribution < 1.29 is 4.74 Å². The maximum atomic E-state index is 5.85. The van der Waals surface area contributed by atoms with Gasteiger partial charge in [-0.25, -0.2) is 0 Å². The summed E-state index contributed by atoms with van der Waals surface area (Å²) in [4.78, 5) is 3.56. The number of fused-ring (bicyclic) bond motifs is 5. The summed E-state index contributed by atoms with van der Waals surface area (Å²) in [6.07, 6.45) is 0.952. The standard InChI is InChI=1S/C17H15NO/c1-11-6-7-15-14(10-11)12-8-9-19-16-5-3-2-4-13(16)17(12)18-15/h2-7,10,18H,8-9H2,1H3. The van der Waals surface area contributed by atoms with Crippen molar-refractivity contribution in [3.05, 3.63) is 53.6 Å². The van der Waals surface area contributed by atoms with Crippen LogP contribution in [0, 0.1) is 6.92 Å². The van der Waals surface area contributed by atoms with Crippen LogP contribution in [0.5, 0.6) is 5.75 Å². The smallest absolute Gasteiger partial charge is 0.128 e. The number of aromatic nitrogens is 1. The minimum absolute atomic E-state index is 0.741. The van der Waals surface area contributed by atoms with Crippen LogP contribution >= 0.6 is 0 Å². The van der Waals surface area contributed by atoms with Crippen LogP contribution in [0.15, 0.2) is 42.5 Å². The highest BCUT2D eigenvalue weighted by Crippen LogP contribution is 2.38. The molecule has 2 nitrogen and oxygen atoms in total. The molecule has 1 N–H and O–H groups in total. The van der Waals surface area contributed by atoms with E-state index < -0.39 is 0 Å². The van der Waals surface area contributed by atoms with Crippen LogP contribution in [-0.2, 0) is 6.42 Å². The normalized spacial score (nSPS) is 13.5. The minimum atomic E-state index is 0.741. The zero-order chi connectivity index (χ0) is 12.8. The molecular formula is C17H15NO. The Balaban J connectivity index is 2.08. The average Bonchev–Trinajstić information content (AvgIpc) is 2.67. The molecule has 0 spiro atoms. The lowest BCUT2D eigenvalue weighted by Crippen LogP contribution is -1.98. The van der Waals surface area contributed by atoms with Gasteiger partial charge in [0.1, 0.15) is 5.75 Å². The van der Waals surface area contributed by atoms with E-state index in [1.54, 1.807) is 0 Å². The van der Waals surface area contributed by atoms with Crippen molar-refractivity contribution in [2.24, 2.45) is 0 Å². The molecule has 0 bridgehead atoms. The van der Waals surface area contributed by atoms with E-state index in [9.17, 15) is 0 Å². The number of nitrogens with one attached hydrogen (secondary N) is 1.